The Kier molecular flexibility index (Phi) is 6.36. The summed E-state index contributed by atoms with van der Waals surface area (Å²) in [5, 5.41) is -0.705. The van der Waals surface area contributed by atoms with E-state index in [2.05, 4.69) is 4.72 Å². The van der Waals surface area contributed by atoms with Crippen LogP contribution in [0.25, 0.3) is 0 Å². The lowest BCUT2D eigenvalue weighted by molar-refractivity contribution is 0.500. The molecule has 0 spiro atoms. The zero-order chi connectivity index (χ0) is 18.8. The fraction of sp³-hybridized carbons (Fsp3) is 0.294. The third-order valence-electron chi connectivity index (χ3n) is 3.94. The molecule has 0 amide bonds. The predicted octanol–water partition coefficient (Wildman–Crippen LogP) is 4.84. The van der Waals surface area contributed by atoms with Crippen molar-refractivity contribution in [3.63, 3.8) is 0 Å². The van der Waals surface area contributed by atoms with Crippen molar-refractivity contribution in [2.45, 2.75) is 31.9 Å². The zero-order valence-electron chi connectivity index (χ0n) is 13.6. The number of nitrogens with one attached hydrogen (secondary N) is 1. The van der Waals surface area contributed by atoms with E-state index < -0.39 is 32.7 Å². The molecule has 1 atom stereocenters. The van der Waals surface area contributed by atoms with E-state index >= 15 is 0 Å². The summed E-state index contributed by atoms with van der Waals surface area (Å²) in [4.78, 5) is 0. The van der Waals surface area contributed by atoms with E-state index in [1.807, 2.05) is 22.6 Å². The SMILES string of the molecule is CCC(C)S(=O)(=O)Nc1ccc(F)c(F)c1Cc1ccc(I)cc1F. The van der Waals surface area contributed by atoms with Gasteiger partial charge in [0.1, 0.15) is 5.82 Å². The van der Waals surface area contributed by atoms with Gasteiger partial charge < -0.3 is 0 Å². The van der Waals surface area contributed by atoms with Crippen molar-refractivity contribution in [3.8, 4) is 0 Å². The topological polar surface area (TPSA) is 46.2 Å². The van der Waals surface area contributed by atoms with Crippen molar-refractivity contribution in [1.29, 1.82) is 0 Å². The highest BCUT2D eigenvalue weighted by Crippen LogP contribution is 2.27. The van der Waals surface area contributed by atoms with Crippen LogP contribution >= 0.6 is 22.6 Å². The summed E-state index contributed by atoms with van der Waals surface area (Å²) in [7, 11) is -3.76. The number of rotatable bonds is 6. The first kappa shape index (κ1) is 20.0. The number of hydrogen-bond donors (Lipinski definition) is 1. The maximum Gasteiger partial charge on any atom is 0.235 e. The van der Waals surface area contributed by atoms with E-state index in [-0.39, 0.29) is 23.2 Å². The first-order valence-electron chi connectivity index (χ1n) is 7.58. The number of anilines is 1. The Hall–Kier alpha value is -1.29. The van der Waals surface area contributed by atoms with Crippen molar-refractivity contribution in [3.05, 3.63) is 62.5 Å². The highest BCUT2D eigenvalue weighted by atomic mass is 127. The Morgan fingerprint density at radius 2 is 1.80 bits per heavy atom. The summed E-state index contributed by atoms with van der Waals surface area (Å²) in [6.45, 7) is 3.22. The summed E-state index contributed by atoms with van der Waals surface area (Å²) >= 11 is 1.94. The van der Waals surface area contributed by atoms with Gasteiger partial charge in [0.15, 0.2) is 11.6 Å². The number of benzene rings is 2. The van der Waals surface area contributed by atoms with Crippen LogP contribution in [-0.2, 0) is 16.4 Å². The molecular weight excluding hydrogens is 466 g/mol. The van der Waals surface area contributed by atoms with Crippen LogP contribution in [0.3, 0.4) is 0 Å². The Morgan fingerprint density at radius 3 is 2.40 bits per heavy atom. The van der Waals surface area contributed by atoms with Crippen LogP contribution in [0, 0.1) is 21.0 Å². The fourth-order valence-electron chi connectivity index (χ4n) is 2.19. The van der Waals surface area contributed by atoms with Crippen molar-refractivity contribution in [1.82, 2.24) is 0 Å². The largest absolute Gasteiger partial charge is 0.283 e. The first-order valence-corrected chi connectivity index (χ1v) is 10.2. The van der Waals surface area contributed by atoms with Crippen molar-refractivity contribution in [2.24, 2.45) is 0 Å². The molecule has 25 heavy (non-hydrogen) atoms. The lowest BCUT2D eigenvalue weighted by Gasteiger charge is -2.17. The normalized spacial score (nSPS) is 12.9. The van der Waals surface area contributed by atoms with E-state index in [4.69, 9.17) is 0 Å². The Labute approximate surface area is 158 Å². The lowest BCUT2D eigenvalue weighted by atomic mass is 10.0. The predicted molar refractivity (Wildman–Crippen MR) is 101 cm³/mol. The van der Waals surface area contributed by atoms with Crippen LogP contribution in [0.5, 0.6) is 0 Å². The van der Waals surface area contributed by atoms with Gasteiger partial charge in [-0.15, -0.1) is 0 Å². The third kappa shape index (κ3) is 4.66. The lowest BCUT2D eigenvalue weighted by Crippen LogP contribution is -2.25. The Bertz CT molecular complexity index is 888. The monoisotopic (exact) mass is 483 g/mol. The molecule has 0 saturated heterocycles. The summed E-state index contributed by atoms with van der Waals surface area (Å²) in [5.74, 6) is -2.87. The van der Waals surface area contributed by atoms with Crippen LogP contribution in [0.1, 0.15) is 31.4 Å². The van der Waals surface area contributed by atoms with Gasteiger partial charge in [-0.2, -0.15) is 0 Å². The number of hydrogen-bond acceptors (Lipinski definition) is 2. The molecule has 136 valence electrons. The summed E-state index contributed by atoms with van der Waals surface area (Å²) in [6, 6.07) is 6.37. The van der Waals surface area contributed by atoms with Gasteiger partial charge in [0.25, 0.3) is 0 Å². The van der Waals surface area contributed by atoms with Gasteiger partial charge in [0, 0.05) is 15.6 Å². The number of halogens is 4. The van der Waals surface area contributed by atoms with Gasteiger partial charge in [-0.25, -0.2) is 21.6 Å². The summed E-state index contributed by atoms with van der Waals surface area (Å²) < 4.78 is 69.4. The second-order valence-corrected chi connectivity index (χ2v) is 9.01. The Balaban J connectivity index is 2.48. The van der Waals surface area contributed by atoms with Gasteiger partial charge in [0.2, 0.25) is 10.0 Å². The van der Waals surface area contributed by atoms with Gasteiger partial charge in [-0.1, -0.05) is 13.0 Å². The molecule has 3 nitrogen and oxygen atoms in total. The van der Waals surface area contributed by atoms with Gasteiger partial charge in [-0.05, 0) is 65.8 Å². The van der Waals surface area contributed by atoms with E-state index in [1.165, 1.54) is 19.1 Å². The second kappa shape index (κ2) is 7.94. The minimum Gasteiger partial charge on any atom is -0.283 e. The van der Waals surface area contributed by atoms with E-state index in [0.29, 0.717) is 9.99 Å². The van der Waals surface area contributed by atoms with E-state index in [1.54, 1.807) is 13.0 Å². The first-order chi connectivity index (χ1) is 11.7. The molecule has 1 unspecified atom stereocenters. The average molecular weight is 483 g/mol. The molecule has 2 aromatic rings. The standard InChI is InChI=1S/C17H17F3INO2S/c1-3-10(2)25(23,24)22-16-7-6-14(18)17(20)13(16)8-11-4-5-12(21)9-15(11)19/h4-7,9-10,22H,3,8H2,1-2H3. The molecule has 2 rings (SSSR count). The molecule has 0 aliphatic rings. The molecule has 0 heterocycles. The molecule has 0 bridgehead atoms. The average Bonchev–Trinajstić information content (AvgIpc) is 2.55. The molecule has 0 aliphatic carbocycles. The van der Waals surface area contributed by atoms with Crippen LogP contribution < -0.4 is 4.72 Å². The molecular formula is C17H17F3INO2S. The van der Waals surface area contributed by atoms with Crippen LogP contribution in [0.2, 0.25) is 0 Å². The van der Waals surface area contributed by atoms with Crippen LogP contribution in [0.15, 0.2) is 30.3 Å². The van der Waals surface area contributed by atoms with Crippen LogP contribution in [-0.4, -0.2) is 13.7 Å². The van der Waals surface area contributed by atoms with Gasteiger partial charge in [0.05, 0.1) is 10.9 Å². The van der Waals surface area contributed by atoms with Crippen LogP contribution in [0.4, 0.5) is 18.9 Å². The smallest absolute Gasteiger partial charge is 0.235 e. The zero-order valence-corrected chi connectivity index (χ0v) is 16.6. The molecule has 0 radical (unpaired) electrons. The fourth-order valence-corrected chi connectivity index (χ4v) is 3.78. The maximum absolute atomic E-state index is 14.3. The van der Waals surface area contributed by atoms with E-state index in [9.17, 15) is 21.6 Å². The molecule has 8 heteroatoms. The van der Waals surface area contributed by atoms with Gasteiger partial charge >= 0.3 is 0 Å². The van der Waals surface area contributed by atoms with Crippen molar-refractivity contribution < 1.29 is 21.6 Å². The number of sulfonamides is 1. The molecule has 0 aromatic heterocycles. The third-order valence-corrected chi connectivity index (χ3v) is 6.50. The minimum atomic E-state index is -3.76. The quantitative estimate of drug-likeness (QED) is 0.598. The molecule has 1 N–H and O–H groups in total. The van der Waals surface area contributed by atoms with Gasteiger partial charge in [-0.3, -0.25) is 4.72 Å². The van der Waals surface area contributed by atoms with Crippen molar-refractivity contribution in [2.75, 3.05) is 4.72 Å². The minimum absolute atomic E-state index is 0.0860. The second-order valence-electron chi connectivity index (χ2n) is 5.67. The highest BCUT2D eigenvalue weighted by Gasteiger charge is 2.23. The maximum atomic E-state index is 14.3. The summed E-state index contributed by atoms with van der Waals surface area (Å²) in [5.41, 5.74) is -0.168. The Morgan fingerprint density at radius 1 is 1.12 bits per heavy atom. The molecule has 0 aliphatic heterocycles. The highest BCUT2D eigenvalue weighted by molar-refractivity contribution is 14.1. The van der Waals surface area contributed by atoms with E-state index in [0.717, 1.165) is 12.1 Å². The molecule has 0 fully saturated rings. The summed E-state index contributed by atoms with van der Waals surface area (Å²) in [6.07, 6.45) is 0.0881. The van der Waals surface area contributed by atoms with Crippen molar-refractivity contribution >= 4 is 38.3 Å². The molecule has 2 aromatic carbocycles. The molecule has 0 saturated carbocycles.